The van der Waals surface area contributed by atoms with Crippen molar-refractivity contribution in [2.45, 2.75) is 20.0 Å². The number of pyridine rings is 1. The molecule has 0 unspecified atom stereocenters. The highest BCUT2D eigenvalue weighted by atomic mass is 16.7. The van der Waals surface area contributed by atoms with Gasteiger partial charge in [-0.2, -0.15) is 0 Å². The fourth-order valence-corrected chi connectivity index (χ4v) is 0.752. The number of nitrogens with zero attached hydrogens (tertiary/aromatic N) is 1. The zero-order valence-corrected chi connectivity index (χ0v) is 6.69. The van der Waals surface area contributed by atoms with E-state index in [-0.39, 0.29) is 11.9 Å². The van der Waals surface area contributed by atoms with Gasteiger partial charge in [0.25, 0.3) is 6.20 Å². The van der Waals surface area contributed by atoms with Crippen molar-refractivity contribution in [3.63, 3.8) is 0 Å². The maximum atomic E-state index is 9.03. The van der Waals surface area contributed by atoms with E-state index in [1.165, 1.54) is 10.9 Å². The molecule has 1 rings (SSSR count). The molecule has 0 radical (unpaired) electrons. The van der Waals surface area contributed by atoms with Crippen molar-refractivity contribution in [3.05, 3.63) is 24.5 Å². The van der Waals surface area contributed by atoms with Crippen LogP contribution in [0.1, 0.15) is 13.8 Å². The lowest BCUT2D eigenvalue weighted by Gasteiger charge is -1.99. The van der Waals surface area contributed by atoms with E-state index < -0.39 is 0 Å². The third-order valence-electron chi connectivity index (χ3n) is 1.09. The van der Waals surface area contributed by atoms with Gasteiger partial charge < -0.3 is 5.11 Å². The van der Waals surface area contributed by atoms with Crippen LogP contribution in [0.15, 0.2) is 24.5 Å². The molecule has 0 saturated heterocycles. The van der Waals surface area contributed by atoms with Gasteiger partial charge in [0, 0.05) is 10.8 Å². The van der Waals surface area contributed by atoms with Crippen molar-refractivity contribution >= 4 is 0 Å². The number of aromatic nitrogens is 1. The van der Waals surface area contributed by atoms with Gasteiger partial charge in [-0.15, -0.1) is 0 Å². The Morgan fingerprint density at radius 1 is 1.55 bits per heavy atom. The lowest BCUT2D eigenvalue weighted by atomic mass is 10.5. The summed E-state index contributed by atoms with van der Waals surface area (Å²) < 4.78 is 1.49. The minimum atomic E-state index is 0.113. The summed E-state index contributed by atoms with van der Waals surface area (Å²) in [5.74, 6) is 0.202. The summed E-state index contributed by atoms with van der Waals surface area (Å²) in [6, 6.07) is 3.32. The quantitative estimate of drug-likeness (QED) is 0.630. The van der Waals surface area contributed by atoms with Crippen LogP contribution in [0, 0.1) is 0 Å². The first-order valence-corrected chi connectivity index (χ1v) is 3.56. The number of hydrogen-bond donors (Lipinski definition) is 1. The van der Waals surface area contributed by atoms with Crippen LogP contribution in [-0.2, 0) is 0 Å². The lowest BCUT2D eigenvalue weighted by Crippen LogP contribution is -2.45. The molecule has 1 heterocycles. The maximum absolute atomic E-state index is 9.03. The lowest BCUT2D eigenvalue weighted by molar-refractivity contribution is -0.898. The van der Waals surface area contributed by atoms with Crippen molar-refractivity contribution in [2.75, 3.05) is 0 Å². The molecule has 0 atom stereocenters. The van der Waals surface area contributed by atoms with Crippen LogP contribution in [-0.4, -0.2) is 11.2 Å². The van der Waals surface area contributed by atoms with Gasteiger partial charge in [-0.1, -0.05) is 0 Å². The Kier molecular flexibility index (Phi) is 2.31. The molecule has 3 heteroatoms. The van der Waals surface area contributed by atoms with Gasteiger partial charge in [0.1, 0.15) is 0 Å². The van der Waals surface area contributed by atoms with Crippen LogP contribution >= 0.6 is 0 Å². The van der Waals surface area contributed by atoms with Gasteiger partial charge in [0.05, 0.1) is 0 Å². The van der Waals surface area contributed by atoms with Gasteiger partial charge in [0.15, 0.2) is 11.9 Å². The van der Waals surface area contributed by atoms with Gasteiger partial charge in [0.2, 0.25) is 6.20 Å². The van der Waals surface area contributed by atoms with Crippen molar-refractivity contribution < 1.29 is 14.7 Å². The van der Waals surface area contributed by atoms with Crippen LogP contribution in [0.4, 0.5) is 0 Å². The topological polar surface area (TPSA) is 33.3 Å². The van der Waals surface area contributed by atoms with Gasteiger partial charge in [-0.3, -0.25) is 4.84 Å². The van der Waals surface area contributed by atoms with Crippen molar-refractivity contribution in [2.24, 2.45) is 0 Å². The Bertz CT molecular complexity index is 235. The smallest absolute Gasteiger partial charge is 0.263 e. The van der Waals surface area contributed by atoms with E-state index in [0.717, 1.165) is 0 Å². The predicted molar refractivity (Wildman–Crippen MR) is 40.0 cm³/mol. The zero-order chi connectivity index (χ0) is 8.27. The molecule has 0 bridgehead atoms. The first-order chi connectivity index (χ1) is 5.18. The predicted octanol–water partition coefficient (Wildman–Crippen LogP) is 0.517. The fourth-order valence-electron chi connectivity index (χ4n) is 0.752. The van der Waals surface area contributed by atoms with Crippen LogP contribution in [0.25, 0.3) is 0 Å². The standard InChI is InChI=1S/C8H11NO2/c1-7(2)11-9-5-3-4-8(10)6-9/h3-7H,1-2H3/p+1. The molecule has 3 nitrogen and oxygen atoms in total. The molecule has 1 N–H and O–H groups in total. The number of rotatable bonds is 2. The highest BCUT2D eigenvalue weighted by molar-refractivity contribution is 5.09. The molecule has 0 aliphatic rings. The van der Waals surface area contributed by atoms with E-state index in [1.54, 1.807) is 18.3 Å². The molecule has 0 aromatic carbocycles. The maximum Gasteiger partial charge on any atom is 0.263 e. The summed E-state index contributed by atoms with van der Waals surface area (Å²) in [6.45, 7) is 3.86. The minimum absolute atomic E-state index is 0.113. The highest BCUT2D eigenvalue weighted by Crippen LogP contribution is 1.99. The molecule has 0 saturated carbocycles. The van der Waals surface area contributed by atoms with Crippen LogP contribution in [0.3, 0.4) is 0 Å². The second kappa shape index (κ2) is 3.23. The molecule has 11 heavy (non-hydrogen) atoms. The largest absolute Gasteiger partial charge is 0.503 e. The number of hydrogen-bond acceptors (Lipinski definition) is 2. The second-order valence-corrected chi connectivity index (χ2v) is 2.58. The van der Waals surface area contributed by atoms with E-state index in [9.17, 15) is 0 Å². The molecule has 0 fully saturated rings. The molecule has 1 aromatic rings. The second-order valence-electron chi connectivity index (χ2n) is 2.58. The van der Waals surface area contributed by atoms with Gasteiger partial charge >= 0.3 is 0 Å². The van der Waals surface area contributed by atoms with Gasteiger partial charge in [-0.25, -0.2) is 0 Å². The average Bonchev–Trinajstić information content (AvgIpc) is 1.85. The van der Waals surface area contributed by atoms with Crippen molar-refractivity contribution in [1.29, 1.82) is 0 Å². The third kappa shape index (κ3) is 2.45. The average molecular weight is 154 g/mol. The monoisotopic (exact) mass is 154 g/mol. The van der Waals surface area contributed by atoms with E-state index in [0.29, 0.717) is 0 Å². The van der Waals surface area contributed by atoms with E-state index in [4.69, 9.17) is 9.94 Å². The third-order valence-corrected chi connectivity index (χ3v) is 1.09. The Balaban J connectivity index is 2.71. The molecule has 60 valence electrons. The molecular weight excluding hydrogens is 142 g/mol. The Labute approximate surface area is 65.8 Å². The first kappa shape index (κ1) is 7.85. The van der Waals surface area contributed by atoms with Crippen LogP contribution in [0.5, 0.6) is 5.75 Å². The molecule has 0 spiro atoms. The first-order valence-electron chi connectivity index (χ1n) is 3.56. The van der Waals surface area contributed by atoms with E-state index >= 15 is 0 Å². The molecular formula is C8H12NO2+. The zero-order valence-electron chi connectivity index (χ0n) is 6.69. The van der Waals surface area contributed by atoms with E-state index in [1.807, 2.05) is 13.8 Å². The molecule has 0 aliphatic heterocycles. The molecule has 0 amide bonds. The summed E-state index contributed by atoms with van der Waals surface area (Å²) in [4.78, 5) is 5.25. The summed E-state index contributed by atoms with van der Waals surface area (Å²) in [5, 5.41) is 9.03. The SMILES string of the molecule is CC(C)O[n+]1cccc(O)c1. The molecule has 1 aromatic heterocycles. The van der Waals surface area contributed by atoms with E-state index in [2.05, 4.69) is 0 Å². The summed E-state index contributed by atoms with van der Waals surface area (Å²) in [6.07, 6.45) is 3.36. The van der Waals surface area contributed by atoms with Gasteiger partial charge in [-0.05, 0) is 19.9 Å². The minimum Gasteiger partial charge on any atom is -0.503 e. The van der Waals surface area contributed by atoms with Crippen molar-refractivity contribution in [3.8, 4) is 5.75 Å². The summed E-state index contributed by atoms with van der Waals surface area (Å²) >= 11 is 0. The van der Waals surface area contributed by atoms with Crippen molar-refractivity contribution in [1.82, 2.24) is 0 Å². The normalized spacial score (nSPS) is 10.1. The molecule has 0 aliphatic carbocycles. The van der Waals surface area contributed by atoms with Crippen LogP contribution in [0.2, 0.25) is 0 Å². The fraction of sp³-hybridized carbons (Fsp3) is 0.375. The van der Waals surface area contributed by atoms with Crippen LogP contribution < -0.4 is 9.57 Å². The Morgan fingerprint density at radius 3 is 2.82 bits per heavy atom. The highest BCUT2D eigenvalue weighted by Gasteiger charge is 2.04. The Morgan fingerprint density at radius 2 is 2.27 bits per heavy atom. The Hall–Kier alpha value is -1.25. The summed E-state index contributed by atoms with van der Waals surface area (Å²) in [7, 11) is 0. The summed E-state index contributed by atoms with van der Waals surface area (Å²) in [5.41, 5.74) is 0. The number of aromatic hydroxyl groups is 1.